The van der Waals surface area contributed by atoms with Crippen molar-refractivity contribution >= 4 is 15.9 Å². The molecule has 4 rings (SSSR count). The zero-order chi connectivity index (χ0) is 14.9. The van der Waals surface area contributed by atoms with E-state index in [1.807, 2.05) is 30.5 Å². The molecule has 2 heterocycles. The molecule has 0 amide bonds. The number of hydrogen-bond acceptors (Lipinski definition) is 3. The predicted octanol–water partition coefficient (Wildman–Crippen LogP) is 4.23. The van der Waals surface area contributed by atoms with Gasteiger partial charge in [0.05, 0.1) is 12.7 Å². The number of halogens is 1. The van der Waals surface area contributed by atoms with Crippen molar-refractivity contribution in [3.8, 4) is 11.5 Å². The maximum absolute atomic E-state index is 5.62. The summed E-state index contributed by atoms with van der Waals surface area (Å²) >= 11 is 3.44. The normalized spacial score (nSPS) is 14.0. The Balaban J connectivity index is 1.57. The summed E-state index contributed by atoms with van der Waals surface area (Å²) in [4.78, 5) is 4.59. The fraction of sp³-hybridized carbons (Fsp3) is 0.294. The Morgan fingerprint density at radius 1 is 1.14 bits per heavy atom. The molecule has 1 aliphatic rings. The van der Waals surface area contributed by atoms with Crippen LogP contribution in [0, 0.1) is 0 Å². The fourth-order valence-electron chi connectivity index (χ4n) is 2.95. The van der Waals surface area contributed by atoms with Crippen LogP contribution in [0.5, 0.6) is 0 Å². The Labute approximate surface area is 137 Å². The topological polar surface area (TPSA) is 43.9 Å². The third kappa shape index (κ3) is 2.61. The van der Waals surface area contributed by atoms with E-state index in [-0.39, 0.29) is 0 Å². The molecule has 0 fully saturated rings. The van der Waals surface area contributed by atoms with Crippen molar-refractivity contribution in [3.05, 3.63) is 58.1 Å². The molecule has 2 aromatic heterocycles. The van der Waals surface area contributed by atoms with Crippen molar-refractivity contribution in [3.63, 3.8) is 0 Å². The van der Waals surface area contributed by atoms with E-state index in [0.717, 1.165) is 28.6 Å². The second kappa shape index (κ2) is 5.72. The Hall–Kier alpha value is -1.88. The predicted molar refractivity (Wildman–Crippen MR) is 87.6 cm³/mol. The molecule has 0 N–H and O–H groups in total. The van der Waals surface area contributed by atoms with Gasteiger partial charge >= 0.3 is 0 Å². The summed E-state index contributed by atoms with van der Waals surface area (Å²) in [6.45, 7) is 0.676. The summed E-state index contributed by atoms with van der Waals surface area (Å²) in [5.74, 6) is 0.656. The van der Waals surface area contributed by atoms with E-state index < -0.39 is 0 Å². The van der Waals surface area contributed by atoms with Crippen molar-refractivity contribution in [2.24, 2.45) is 0 Å². The van der Waals surface area contributed by atoms with Gasteiger partial charge in [0, 0.05) is 15.7 Å². The van der Waals surface area contributed by atoms with Gasteiger partial charge in [-0.25, -0.2) is 4.98 Å². The highest BCUT2D eigenvalue weighted by Gasteiger charge is 2.16. The molecule has 0 bridgehead atoms. The highest BCUT2D eigenvalue weighted by atomic mass is 79.9. The van der Waals surface area contributed by atoms with Crippen LogP contribution < -0.4 is 0 Å². The lowest BCUT2D eigenvalue weighted by Crippen LogP contribution is -2.10. The Morgan fingerprint density at radius 3 is 2.82 bits per heavy atom. The molecule has 1 aliphatic carbocycles. The van der Waals surface area contributed by atoms with Crippen molar-refractivity contribution in [2.45, 2.75) is 32.2 Å². The molecule has 5 heteroatoms. The van der Waals surface area contributed by atoms with Gasteiger partial charge in [0.2, 0.25) is 5.89 Å². The van der Waals surface area contributed by atoms with Gasteiger partial charge < -0.3 is 4.42 Å². The van der Waals surface area contributed by atoms with E-state index in [1.54, 1.807) is 6.26 Å². The highest BCUT2D eigenvalue weighted by molar-refractivity contribution is 9.10. The number of rotatable bonds is 3. The SMILES string of the molecule is Brc1ccc(-c2nc(Cn3ncc4c3CCCC4)co2)cc1. The molecule has 0 unspecified atom stereocenters. The second-order valence-corrected chi connectivity index (χ2v) is 6.55. The lowest BCUT2D eigenvalue weighted by molar-refractivity contribution is 0.563. The van der Waals surface area contributed by atoms with Crippen LogP contribution >= 0.6 is 15.9 Å². The van der Waals surface area contributed by atoms with Gasteiger partial charge in [0.15, 0.2) is 0 Å². The van der Waals surface area contributed by atoms with Crippen molar-refractivity contribution in [1.29, 1.82) is 0 Å². The van der Waals surface area contributed by atoms with Crippen molar-refractivity contribution in [1.82, 2.24) is 14.8 Å². The van der Waals surface area contributed by atoms with Crippen LogP contribution in [0.3, 0.4) is 0 Å². The molecular formula is C17H16BrN3O. The van der Waals surface area contributed by atoms with E-state index in [9.17, 15) is 0 Å². The highest BCUT2D eigenvalue weighted by Crippen LogP contribution is 2.23. The van der Waals surface area contributed by atoms with Crippen LogP contribution in [-0.2, 0) is 19.4 Å². The monoisotopic (exact) mass is 357 g/mol. The van der Waals surface area contributed by atoms with Crippen LogP contribution in [0.15, 0.2) is 45.6 Å². The molecule has 0 radical (unpaired) electrons. The van der Waals surface area contributed by atoms with E-state index in [4.69, 9.17) is 4.42 Å². The summed E-state index contributed by atoms with van der Waals surface area (Å²) in [7, 11) is 0. The average Bonchev–Trinajstić information content (AvgIpc) is 3.16. The number of aromatic nitrogens is 3. The number of aryl methyl sites for hydroxylation is 1. The Morgan fingerprint density at radius 2 is 1.95 bits per heavy atom. The molecule has 112 valence electrons. The first-order chi connectivity index (χ1) is 10.8. The molecule has 4 nitrogen and oxygen atoms in total. The summed E-state index contributed by atoms with van der Waals surface area (Å²) in [5, 5.41) is 4.52. The number of fused-ring (bicyclic) bond motifs is 1. The van der Waals surface area contributed by atoms with E-state index in [0.29, 0.717) is 12.4 Å². The van der Waals surface area contributed by atoms with Crippen LogP contribution in [0.2, 0.25) is 0 Å². The van der Waals surface area contributed by atoms with Crippen molar-refractivity contribution < 1.29 is 4.42 Å². The number of oxazole rings is 1. The maximum atomic E-state index is 5.62. The van der Waals surface area contributed by atoms with Crippen molar-refractivity contribution in [2.75, 3.05) is 0 Å². The van der Waals surface area contributed by atoms with Gasteiger partial charge in [-0.3, -0.25) is 4.68 Å². The minimum atomic E-state index is 0.656. The molecule has 0 saturated carbocycles. The zero-order valence-electron chi connectivity index (χ0n) is 12.1. The summed E-state index contributed by atoms with van der Waals surface area (Å²) in [6, 6.07) is 7.97. The van der Waals surface area contributed by atoms with Gasteiger partial charge in [-0.05, 0) is 55.5 Å². The summed E-state index contributed by atoms with van der Waals surface area (Å²) < 4.78 is 8.73. The standard InChI is InChI=1S/C17H16BrN3O/c18-14-7-5-12(6-8-14)17-20-15(11-22-17)10-21-16-4-2-1-3-13(16)9-19-21/h5-9,11H,1-4,10H2. The quantitative estimate of drug-likeness (QED) is 0.704. The van der Waals surface area contributed by atoms with Gasteiger partial charge in [0.25, 0.3) is 0 Å². The molecule has 3 aromatic rings. The Kier molecular flexibility index (Phi) is 3.58. The third-order valence-electron chi connectivity index (χ3n) is 4.10. The molecule has 0 saturated heterocycles. The van der Waals surface area contributed by atoms with Gasteiger partial charge in [-0.15, -0.1) is 0 Å². The molecular weight excluding hydrogens is 342 g/mol. The number of nitrogens with zero attached hydrogens (tertiary/aromatic N) is 3. The summed E-state index contributed by atoms with van der Waals surface area (Å²) in [5.41, 5.74) is 4.65. The third-order valence-corrected chi connectivity index (χ3v) is 4.63. The fourth-order valence-corrected chi connectivity index (χ4v) is 3.21. The molecule has 0 aliphatic heterocycles. The van der Waals surface area contributed by atoms with Crippen LogP contribution in [0.1, 0.15) is 29.8 Å². The smallest absolute Gasteiger partial charge is 0.226 e. The van der Waals surface area contributed by atoms with Crippen LogP contribution in [-0.4, -0.2) is 14.8 Å². The first kappa shape index (κ1) is 13.8. The van der Waals surface area contributed by atoms with Gasteiger partial charge in [-0.1, -0.05) is 15.9 Å². The maximum Gasteiger partial charge on any atom is 0.226 e. The largest absolute Gasteiger partial charge is 0.444 e. The number of hydrogen-bond donors (Lipinski definition) is 0. The second-order valence-electron chi connectivity index (χ2n) is 5.63. The number of benzene rings is 1. The van der Waals surface area contributed by atoms with E-state index >= 15 is 0 Å². The minimum absolute atomic E-state index is 0.656. The minimum Gasteiger partial charge on any atom is -0.444 e. The van der Waals surface area contributed by atoms with Crippen LogP contribution in [0.25, 0.3) is 11.5 Å². The first-order valence-corrected chi connectivity index (χ1v) is 8.33. The van der Waals surface area contributed by atoms with Crippen LogP contribution in [0.4, 0.5) is 0 Å². The molecule has 0 atom stereocenters. The molecule has 0 spiro atoms. The zero-order valence-corrected chi connectivity index (χ0v) is 13.7. The molecule has 22 heavy (non-hydrogen) atoms. The lowest BCUT2D eigenvalue weighted by atomic mass is 9.98. The summed E-state index contributed by atoms with van der Waals surface area (Å²) in [6.07, 6.45) is 8.53. The lowest BCUT2D eigenvalue weighted by Gasteiger charge is -2.12. The average molecular weight is 358 g/mol. The van der Waals surface area contributed by atoms with Gasteiger partial charge in [-0.2, -0.15) is 5.10 Å². The van der Waals surface area contributed by atoms with E-state index in [1.165, 1.54) is 24.1 Å². The van der Waals surface area contributed by atoms with Gasteiger partial charge in [0.1, 0.15) is 12.0 Å². The Bertz CT molecular complexity index is 789. The molecule has 1 aromatic carbocycles. The van der Waals surface area contributed by atoms with E-state index in [2.05, 4.69) is 30.7 Å². The first-order valence-electron chi connectivity index (χ1n) is 7.53.